The lowest BCUT2D eigenvalue weighted by atomic mass is 10.2. The zero-order chi connectivity index (χ0) is 85.2. The molecule has 0 radical (unpaired) electrons. The van der Waals surface area contributed by atoms with Crippen LogP contribution >= 0.6 is 35.3 Å². The van der Waals surface area contributed by atoms with Crippen molar-refractivity contribution in [2.75, 3.05) is 220 Å². The number of thioether (sulfide) groups is 3. The lowest BCUT2D eigenvalue weighted by Gasteiger charge is -2.06. The SMILES string of the molecule is C.C.CC.CCC(C)=O.CCC(C)=O.CNCC(C)=O.CNCC(C)=O.COCCOCCOC(=O)Oc1ccc(C)cc1.COCCOCCOC(=O)Oc1ccc(C)cc1.COCCOCCOC(=O)SC.COCCOCCOC(=O)SC.COCCOCCOC(=O)SC.O=C1CCC(=O)O1.O=C1CNC(=O)O1. The van der Waals surface area contributed by atoms with E-state index in [0.29, 0.717) is 156 Å². The van der Waals surface area contributed by atoms with Gasteiger partial charge in [-0.2, -0.15) is 0 Å². The molecule has 654 valence electrons. The van der Waals surface area contributed by atoms with Crippen molar-refractivity contribution >= 4 is 111 Å². The molecule has 112 heavy (non-hydrogen) atoms. The molecule has 2 fully saturated rings. The Morgan fingerprint density at radius 2 is 0.625 bits per heavy atom. The first-order valence-electron chi connectivity index (χ1n) is 34.3. The molecule has 1 amide bonds. The van der Waals surface area contributed by atoms with E-state index in [1.165, 1.54) is 0 Å². The largest absolute Gasteiger partial charge is 0.513 e. The molecule has 38 heteroatoms. The van der Waals surface area contributed by atoms with Crippen molar-refractivity contribution in [1.29, 1.82) is 0 Å². The third kappa shape index (κ3) is 118. The molecule has 0 atom stereocenters. The highest BCUT2D eigenvalue weighted by Crippen LogP contribution is 2.13. The van der Waals surface area contributed by atoms with Crippen LogP contribution in [0.5, 0.6) is 11.5 Å². The molecule has 35 nitrogen and oxygen atoms in total. The standard InChI is InChI=1S/2C13H18O5.3C7H14O4S.2C4H9NO.C4H4O3.2C4H8O.C3H3NO3.C2H6.2CH4/c2*1-11-3-5-12(6-4-11)18-13(14)17-10-9-16-8-7-15-2;3*1-9-3-4-10-5-6-11-7(8)12-2;2*1-4(6)3-5-2;5-3-1-2-4(6)7-3;2*1-3-4(2)5;5-2-1-4-3(6)7-2;1-2;;/h2*3-6H,7-10H2,1-2H3;3*3-6H2,1-2H3;2*5H,3H2,1-2H3;1-2H2;2*3H2,1-2H3;1H2,(H,4,6);1-2H3;2*1H4. The molecule has 2 aliphatic heterocycles. The van der Waals surface area contributed by atoms with Crippen LogP contribution in [0.4, 0.5) is 28.8 Å². The Kier molecular flexibility index (Phi) is 114. The van der Waals surface area contributed by atoms with E-state index < -0.39 is 36.3 Å². The molecular weight excluding hydrogens is 1540 g/mol. The van der Waals surface area contributed by atoms with Gasteiger partial charge in [-0.05, 0) is 134 Å². The molecule has 3 N–H and O–H groups in total. The van der Waals surface area contributed by atoms with Crippen LogP contribution in [0.1, 0.15) is 107 Å². The Morgan fingerprint density at radius 1 is 0.384 bits per heavy atom. The van der Waals surface area contributed by atoms with Crippen LogP contribution < -0.4 is 25.4 Å². The minimum atomic E-state index is -0.728. The van der Waals surface area contributed by atoms with Gasteiger partial charge in [0.15, 0.2) is 0 Å². The number of hydrogen-bond donors (Lipinski definition) is 3. The van der Waals surface area contributed by atoms with E-state index in [0.717, 1.165) is 46.4 Å². The number of Topliss-reactive ketones (excluding diaryl/α,β-unsaturated/α-hetero) is 4. The van der Waals surface area contributed by atoms with Crippen molar-refractivity contribution in [2.24, 2.45) is 0 Å². The molecular formula is C74H133N3O32S3. The summed E-state index contributed by atoms with van der Waals surface area (Å²) in [7, 11) is 11.5. The van der Waals surface area contributed by atoms with Crippen LogP contribution in [0.15, 0.2) is 48.5 Å². The number of ether oxygens (including phenoxy) is 19. The normalized spacial score (nSPS) is 10.5. The third-order valence-corrected chi connectivity index (χ3v) is 11.9. The van der Waals surface area contributed by atoms with E-state index in [2.05, 4.69) is 25.4 Å². The fourth-order valence-corrected chi connectivity index (χ4v) is 5.64. The highest BCUT2D eigenvalue weighted by molar-refractivity contribution is 8.13. The summed E-state index contributed by atoms with van der Waals surface area (Å²) >= 11 is 3.16. The molecule has 0 aromatic heterocycles. The zero-order valence-electron chi connectivity index (χ0n) is 68.0. The van der Waals surface area contributed by atoms with Gasteiger partial charge >= 0.3 is 52.2 Å². The molecule has 2 aliphatic rings. The Bertz CT molecular complexity index is 2370. The number of likely N-dealkylation sites (N-methyl/N-ethyl adjacent to an activating group) is 2. The molecule has 0 unspecified atom stereocenters. The molecule has 0 aliphatic carbocycles. The first-order valence-corrected chi connectivity index (χ1v) is 38.0. The first-order chi connectivity index (χ1) is 52.5. The Morgan fingerprint density at radius 3 is 0.777 bits per heavy atom. The van der Waals surface area contributed by atoms with Crippen LogP contribution in [-0.4, -0.2) is 296 Å². The van der Waals surface area contributed by atoms with Gasteiger partial charge in [-0.1, -0.05) is 77.9 Å². The number of carbonyl (C=O) groups excluding carboxylic acids is 13. The molecule has 4 rings (SSSR count). The number of ketones is 4. The van der Waals surface area contributed by atoms with Gasteiger partial charge in [-0.15, -0.1) is 0 Å². The van der Waals surface area contributed by atoms with Gasteiger partial charge in [-0.3, -0.25) is 19.2 Å². The number of cyclic esters (lactones) is 4. The molecule has 0 bridgehead atoms. The fraction of sp³-hybridized carbons (Fsp3) is 0.662. The minimum Gasteiger partial charge on any atom is -0.455 e. The smallest absolute Gasteiger partial charge is 0.455 e. The van der Waals surface area contributed by atoms with Crippen LogP contribution in [-0.2, 0) is 114 Å². The van der Waals surface area contributed by atoms with Gasteiger partial charge in [0.2, 0.25) is 0 Å². The highest BCUT2D eigenvalue weighted by atomic mass is 32.2. The second kappa shape index (κ2) is 102. The lowest BCUT2D eigenvalue weighted by molar-refractivity contribution is -0.152. The lowest BCUT2D eigenvalue weighted by Crippen LogP contribution is -2.15. The third-order valence-electron chi connectivity index (χ3n) is 10.5. The van der Waals surface area contributed by atoms with E-state index in [4.69, 9.17) is 80.5 Å². The van der Waals surface area contributed by atoms with Crippen LogP contribution in [0.2, 0.25) is 0 Å². The average Bonchev–Trinajstić information content (AvgIpc) is 1.18. The van der Waals surface area contributed by atoms with E-state index in [9.17, 15) is 62.3 Å². The Hall–Kier alpha value is -7.28. The quantitative estimate of drug-likeness (QED) is 0.0185. The maximum absolute atomic E-state index is 11.3. The van der Waals surface area contributed by atoms with Crippen LogP contribution in [0.3, 0.4) is 0 Å². The molecule has 2 aromatic carbocycles. The summed E-state index contributed by atoms with van der Waals surface area (Å²) in [5.41, 5.74) is 2.20. The van der Waals surface area contributed by atoms with Crippen molar-refractivity contribution in [1.82, 2.24) is 16.0 Å². The monoisotopic (exact) mass is 1670 g/mol. The van der Waals surface area contributed by atoms with Gasteiger partial charge in [0.25, 0.3) is 0 Å². The first kappa shape index (κ1) is 126. The number of benzene rings is 2. The van der Waals surface area contributed by atoms with E-state index >= 15 is 0 Å². The molecule has 2 aromatic rings. The summed E-state index contributed by atoms with van der Waals surface area (Å²) in [6.07, 6.45) is 4.78. The van der Waals surface area contributed by atoms with E-state index in [-0.39, 0.29) is 86.5 Å². The summed E-state index contributed by atoms with van der Waals surface area (Å²) in [4.78, 5) is 134. The van der Waals surface area contributed by atoms with E-state index in [1.54, 1.807) is 120 Å². The topological polar surface area (TPSA) is 433 Å². The fourth-order valence-electron chi connectivity index (χ4n) is 5.03. The van der Waals surface area contributed by atoms with Crippen molar-refractivity contribution in [3.05, 3.63) is 59.7 Å². The molecule has 2 saturated heterocycles. The van der Waals surface area contributed by atoms with Crippen LogP contribution in [0.25, 0.3) is 0 Å². The number of alkyl carbamates (subject to hydrolysis) is 1. The number of nitrogens with one attached hydrogen (secondary N) is 3. The van der Waals surface area contributed by atoms with E-state index in [1.807, 2.05) is 65.8 Å². The average molecular weight is 1670 g/mol. The summed E-state index contributed by atoms with van der Waals surface area (Å²) < 4.78 is 91.1. The van der Waals surface area contributed by atoms with Crippen molar-refractivity contribution in [3.8, 4) is 11.5 Å². The Balaban J connectivity index is -0.000000131. The molecule has 2 heterocycles. The van der Waals surface area contributed by atoms with Crippen molar-refractivity contribution in [2.45, 2.75) is 110 Å². The van der Waals surface area contributed by atoms with Crippen LogP contribution in [0, 0.1) is 13.8 Å². The molecule has 0 spiro atoms. The number of aryl methyl sites for hydroxylation is 2. The van der Waals surface area contributed by atoms with Gasteiger partial charge in [0.1, 0.15) is 74.2 Å². The van der Waals surface area contributed by atoms with Crippen molar-refractivity contribution < 1.29 is 152 Å². The number of rotatable bonds is 38. The second-order valence-corrected chi connectivity index (χ2v) is 22.2. The highest BCUT2D eigenvalue weighted by Gasteiger charge is 2.19. The minimum absolute atomic E-state index is 0. The molecule has 0 saturated carbocycles. The number of esters is 3. The second-order valence-electron chi connectivity index (χ2n) is 20.0. The van der Waals surface area contributed by atoms with Gasteiger partial charge < -0.3 is 116 Å². The Labute approximate surface area is 676 Å². The summed E-state index contributed by atoms with van der Waals surface area (Å²) in [6.45, 7) is 27.4. The summed E-state index contributed by atoms with van der Waals surface area (Å²) in [5.74, 6) is 0.488. The van der Waals surface area contributed by atoms with Gasteiger partial charge in [0, 0.05) is 48.4 Å². The summed E-state index contributed by atoms with van der Waals surface area (Å²) in [5, 5.41) is 6.78. The number of hydrogen-bond acceptors (Lipinski definition) is 37. The number of methoxy groups -OCH3 is 5. The predicted molar refractivity (Wildman–Crippen MR) is 430 cm³/mol. The van der Waals surface area contributed by atoms with Gasteiger partial charge in [0.05, 0.1) is 125 Å². The summed E-state index contributed by atoms with van der Waals surface area (Å²) in [6, 6.07) is 14.3. The number of carbonyl (C=O) groups is 13. The van der Waals surface area contributed by atoms with Gasteiger partial charge in [-0.25, -0.2) is 33.6 Å². The maximum Gasteiger partial charge on any atom is 0.513 e. The van der Waals surface area contributed by atoms with Crippen molar-refractivity contribution in [3.63, 3.8) is 0 Å². The predicted octanol–water partition coefficient (Wildman–Crippen LogP) is 10.8. The number of amides is 1. The zero-order valence-corrected chi connectivity index (χ0v) is 70.4. The maximum atomic E-state index is 11.3.